The molecule has 0 bridgehead atoms. The smallest absolute Gasteiger partial charge is 0.291 e. The zero-order chi connectivity index (χ0) is 17.8. The number of methoxy groups -OCH3 is 1. The highest BCUT2D eigenvalue weighted by atomic mass is 16.5. The van der Waals surface area contributed by atoms with Crippen molar-refractivity contribution in [2.24, 2.45) is 0 Å². The number of ether oxygens (including phenoxy) is 1. The molecule has 8 heteroatoms. The molecule has 1 aromatic carbocycles. The zero-order valence-corrected chi connectivity index (χ0v) is 13.6. The van der Waals surface area contributed by atoms with Crippen molar-refractivity contribution in [3.05, 3.63) is 42.4 Å². The predicted octanol–water partition coefficient (Wildman–Crippen LogP) is 1.20. The highest BCUT2D eigenvalue weighted by molar-refractivity contribution is 6.04. The Labute approximate surface area is 144 Å². The number of rotatable bonds is 5. The van der Waals surface area contributed by atoms with Crippen LogP contribution in [0.5, 0.6) is 5.75 Å². The highest BCUT2D eigenvalue weighted by Gasteiger charge is 2.28. The number of carbonyl (C=O) groups excluding carboxylic acids is 2. The van der Waals surface area contributed by atoms with Crippen LogP contribution in [-0.2, 0) is 4.79 Å². The standard InChI is InChI=1S/C17H19N3O5/c1-24-14-5-4-10(19-16(22)13-8-11(21)9-18-13)7-12(14)20-17(23)15-3-2-6-25-15/h2-7,11,13,18,21H,8-9H2,1H3,(H,19,22)(H,20,23)/t11-,13-/m1/s1. The Morgan fingerprint density at radius 1 is 1.32 bits per heavy atom. The molecule has 1 saturated heterocycles. The number of aliphatic hydroxyl groups excluding tert-OH is 1. The highest BCUT2D eigenvalue weighted by Crippen LogP contribution is 2.28. The molecule has 2 amide bonds. The van der Waals surface area contributed by atoms with Gasteiger partial charge in [-0.05, 0) is 36.8 Å². The maximum atomic E-state index is 12.2. The topological polar surface area (TPSA) is 113 Å². The number of hydrogen-bond acceptors (Lipinski definition) is 6. The summed E-state index contributed by atoms with van der Waals surface area (Å²) < 4.78 is 10.3. The van der Waals surface area contributed by atoms with E-state index in [4.69, 9.17) is 9.15 Å². The second-order valence-corrected chi connectivity index (χ2v) is 5.69. The summed E-state index contributed by atoms with van der Waals surface area (Å²) in [5.41, 5.74) is 0.907. The molecule has 0 spiro atoms. The summed E-state index contributed by atoms with van der Waals surface area (Å²) in [4.78, 5) is 24.4. The molecule has 132 valence electrons. The first-order valence-corrected chi connectivity index (χ1v) is 7.82. The molecule has 0 radical (unpaired) electrons. The number of furan rings is 1. The number of hydrogen-bond donors (Lipinski definition) is 4. The van der Waals surface area contributed by atoms with E-state index in [1.54, 1.807) is 30.3 Å². The molecular weight excluding hydrogens is 326 g/mol. The van der Waals surface area contributed by atoms with Gasteiger partial charge < -0.3 is 30.2 Å². The lowest BCUT2D eigenvalue weighted by Crippen LogP contribution is -2.35. The van der Waals surface area contributed by atoms with Gasteiger partial charge in [0, 0.05) is 12.2 Å². The Hall–Kier alpha value is -2.84. The Balaban J connectivity index is 1.73. The molecule has 8 nitrogen and oxygen atoms in total. The van der Waals surface area contributed by atoms with Crippen LogP contribution in [0.2, 0.25) is 0 Å². The van der Waals surface area contributed by atoms with Crippen molar-refractivity contribution < 1.29 is 23.8 Å². The zero-order valence-electron chi connectivity index (χ0n) is 13.6. The first-order valence-electron chi connectivity index (χ1n) is 7.82. The minimum Gasteiger partial charge on any atom is -0.495 e. The van der Waals surface area contributed by atoms with Crippen LogP contribution in [-0.4, -0.2) is 42.7 Å². The molecule has 4 N–H and O–H groups in total. The van der Waals surface area contributed by atoms with Gasteiger partial charge in [-0.15, -0.1) is 0 Å². The summed E-state index contributed by atoms with van der Waals surface area (Å²) in [6.45, 7) is 0.394. The fourth-order valence-corrected chi connectivity index (χ4v) is 2.62. The Kier molecular flexibility index (Phi) is 5.01. The number of amides is 2. The molecule has 2 atom stereocenters. The van der Waals surface area contributed by atoms with Gasteiger partial charge in [-0.25, -0.2) is 0 Å². The number of nitrogens with one attached hydrogen (secondary N) is 3. The van der Waals surface area contributed by atoms with Crippen LogP contribution in [0.1, 0.15) is 17.0 Å². The molecule has 2 heterocycles. The van der Waals surface area contributed by atoms with Crippen LogP contribution in [0.25, 0.3) is 0 Å². The molecule has 1 aromatic heterocycles. The summed E-state index contributed by atoms with van der Waals surface area (Å²) in [6, 6.07) is 7.63. The molecule has 0 saturated carbocycles. The monoisotopic (exact) mass is 345 g/mol. The normalized spacial score (nSPS) is 19.4. The maximum absolute atomic E-state index is 12.2. The van der Waals surface area contributed by atoms with Crippen LogP contribution in [0.3, 0.4) is 0 Å². The lowest BCUT2D eigenvalue weighted by atomic mass is 10.2. The quantitative estimate of drug-likeness (QED) is 0.648. The van der Waals surface area contributed by atoms with Gasteiger partial charge in [0.1, 0.15) is 5.75 Å². The van der Waals surface area contributed by atoms with Gasteiger partial charge in [-0.1, -0.05) is 0 Å². The van der Waals surface area contributed by atoms with Crippen molar-refractivity contribution in [3.63, 3.8) is 0 Å². The summed E-state index contributed by atoms with van der Waals surface area (Å²) in [5.74, 6) is -0.0506. The Morgan fingerprint density at radius 3 is 2.80 bits per heavy atom. The van der Waals surface area contributed by atoms with Crippen molar-refractivity contribution in [1.82, 2.24) is 5.32 Å². The predicted molar refractivity (Wildman–Crippen MR) is 90.7 cm³/mol. The Morgan fingerprint density at radius 2 is 2.16 bits per heavy atom. The summed E-state index contributed by atoms with van der Waals surface area (Å²) in [6.07, 6.45) is 1.25. The van der Waals surface area contributed by atoms with Gasteiger partial charge in [0.25, 0.3) is 5.91 Å². The van der Waals surface area contributed by atoms with E-state index in [9.17, 15) is 14.7 Å². The average molecular weight is 345 g/mol. The van der Waals surface area contributed by atoms with Crippen LogP contribution in [0.15, 0.2) is 41.0 Å². The number of carbonyl (C=O) groups is 2. The van der Waals surface area contributed by atoms with E-state index < -0.39 is 18.1 Å². The maximum Gasteiger partial charge on any atom is 0.291 e. The van der Waals surface area contributed by atoms with Gasteiger partial charge >= 0.3 is 0 Å². The minimum atomic E-state index is -0.519. The molecule has 1 fully saturated rings. The SMILES string of the molecule is COc1ccc(NC(=O)[C@H]2C[C@@H](O)CN2)cc1NC(=O)c1ccco1. The lowest BCUT2D eigenvalue weighted by Gasteiger charge is -2.14. The minimum absolute atomic E-state index is 0.167. The van der Waals surface area contributed by atoms with E-state index in [0.717, 1.165) is 0 Å². The third kappa shape index (κ3) is 3.98. The van der Waals surface area contributed by atoms with E-state index in [0.29, 0.717) is 30.1 Å². The molecule has 25 heavy (non-hydrogen) atoms. The van der Waals surface area contributed by atoms with E-state index >= 15 is 0 Å². The second kappa shape index (κ2) is 7.37. The molecule has 1 aliphatic rings. The molecule has 3 rings (SSSR count). The molecule has 0 aliphatic carbocycles. The van der Waals surface area contributed by atoms with Crippen LogP contribution in [0.4, 0.5) is 11.4 Å². The van der Waals surface area contributed by atoms with E-state index in [1.807, 2.05) is 0 Å². The van der Waals surface area contributed by atoms with Crippen LogP contribution >= 0.6 is 0 Å². The molecule has 1 aliphatic heterocycles. The van der Waals surface area contributed by atoms with Crippen molar-refractivity contribution in [2.75, 3.05) is 24.3 Å². The third-order valence-corrected chi connectivity index (χ3v) is 3.88. The fourth-order valence-electron chi connectivity index (χ4n) is 2.62. The first kappa shape index (κ1) is 17.0. The van der Waals surface area contributed by atoms with Crippen molar-refractivity contribution in [2.45, 2.75) is 18.6 Å². The molecular formula is C17H19N3O5. The number of β-amino-alcohol motifs (C(OH)–C–C–N with tert-alkyl or cyclic N) is 1. The van der Waals surface area contributed by atoms with E-state index in [2.05, 4.69) is 16.0 Å². The van der Waals surface area contributed by atoms with E-state index in [1.165, 1.54) is 13.4 Å². The lowest BCUT2D eigenvalue weighted by molar-refractivity contribution is -0.117. The largest absolute Gasteiger partial charge is 0.495 e. The number of anilines is 2. The van der Waals surface area contributed by atoms with Crippen molar-refractivity contribution in [3.8, 4) is 5.75 Å². The van der Waals surface area contributed by atoms with Gasteiger partial charge in [-0.2, -0.15) is 0 Å². The van der Waals surface area contributed by atoms with Gasteiger partial charge in [0.15, 0.2) is 5.76 Å². The van der Waals surface area contributed by atoms with Gasteiger partial charge in [0.2, 0.25) is 5.91 Å². The summed E-state index contributed by atoms with van der Waals surface area (Å²) in [7, 11) is 1.49. The number of benzene rings is 1. The van der Waals surface area contributed by atoms with Gasteiger partial charge in [-0.3, -0.25) is 9.59 Å². The molecule has 2 aromatic rings. The fraction of sp³-hybridized carbons (Fsp3) is 0.294. The van der Waals surface area contributed by atoms with Crippen molar-refractivity contribution in [1.29, 1.82) is 0 Å². The number of aliphatic hydroxyl groups is 1. The third-order valence-electron chi connectivity index (χ3n) is 3.88. The van der Waals surface area contributed by atoms with E-state index in [-0.39, 0.29) is 11.7 Å². The second-order valence-electron chi connectivity index (χ2n) is 5.69. The van der Waals surface area contributed by atoms with Gasteiger partial charge in [0.05, 0.1) is 31.2 Å². The molecule has 0 unspecified atom stereocenters. The Bertz CT molecular complexity index is 760. The first-order chi connectivity index (χ1) is 12.1. The van der Waals surface area contributed by atoms with Crippen molar-refractivity contribution >= 4 is 23.2 Å². The van der Waals surface area contributed by atoms with Crippen LogP contribution < -0.4 is 20.7 Å². The van der Waals surface area contributed by atoms with Crippen LogP contribution in [0, 0.1) is 0 Å². The average Bonchev–Trinajstić information content (AvgIpc) is 3.26. The summed E-state index contributed by atoms with van der Waals surface area (Å²) >= 11 is 0. The summed E-state index contributed by atoms with van der Waals surface area (Å²) in [5, 5.41) is 17.9.